The Morgan fingerprint density at radius 1 is 0.667 bits per heavy atom. The van der Waals surface area contributed by atoms with E-state index in [2.05, 4.69) is 11.8 Å². The smallest absolute Gasteiger partial charge is 0.0107 e. The molecular formula is C17H40N4. The molecule has 6 N–H and O–H groups in total. The van der Waals surface area contributed by atoms with Gasteiger partial charge in [-0.1, -0.05) is 39.0 Å². The fraction of sp³-hybridized carbons (Fsp3) is 1.00. The molecule has 0 heterocycles. The van der Waals surface area contributed by atoms with E-state index in [0.717, 1.165) is 52.0 Å². The highest BCUT2D eigenvalue weighted by molar-refractivity contribution is 4.73. The van der Waals surface area contributed by atoms with Crippen molar-refractivity contribution in [2.24, 2.45) is 17.2 Å². The zero-order valence-corrected chi connectivity index (χ0v) is 14.4. The van der Waals surface area contributed by atoms with Crippen LogP contribution in [-0.4, -0.2) is 43.7 Å². The zero-order valence-electron chi connectivity index (χ0n) is 14.4. The van der Waals surface area contributed by atoms with Crippen molar-refractivity contribution < 1.29 is 0 Å². The summed E-state index contributed by atoms with van der Waals surface area (Å²) in [7, 11) is 0. The molecule has 0 rings (SSSR count). The van der Waals surface area contributed by atoms with Crippen LogP contribution in [0.1, 0.15) is 71.1 Å². The van der Waals surface area contributed by atoms with Gasteiger partial charge in [0.05, 0.1) is 0 Å². The molecule has 1 unspecified atom stereocenters. The van der Waals surface area contributed by atoms with E-state index < -0.39 is 0 Å². The first-order valence-corrected chi connectivity index (χ1v) is 9.14. The third-order valence-corrected chi connectivity index (χ3v) is 4.21. The summed E-state index contributed by atoms with van der Waals surface area (Å²) in [6, 6.07) is 0.640. The molecule has 0 spiro atoms. The average Bonchev–Trinajstić information content (AvgIpc) is 2.49. The topological polar surface area (TPSA) is 81.3 Å². The van der Waals surface area contributed by atoms with Gasteiger partial charge in [0.15, 0.2) is 0 Å². The van der Waals surface area contributed by atoms with Crippen LogP contribution in [0, 0.1) is 0 Å². The van der Waals surface area contributed by atoms with Crippen LogP contribution in [0.3, 0.4) is 0 Å². The van der Waals surface area contributed by atoms with Crippen LogP contribution in [0.5, 0.6) is 0 Å². The summed E-state index contributed by atoms with van der Waals surface area (Å²) >= 11 is 0. The summed E-state index contributed by atoms with van der Waals surface area (Å²) in [5, 5.41) is 0. The van der Waals surface area contributed by atoms with E-state index in [1.165, 1.54) is 44.9 Å². The van der Waals surface area contributed by atoms with E-state index in [0.29, 0.717) is 6.04 Å². The number of rotatable bonds is 16. The molecule has 0 aliphatic heterocycles. The van der Waals surface area contributed by atoms with E-state index in [-0.39, 0.29) is 0 Å². The largest absolute Gasteiger partial charge is 0.330 e. The van der Waals surface area contributed by atoms with Crippen molar-refractivity contribution in [3.05, 3.63) is 0 Å². The SMILES string of the molecule is CCCCCCCC(CCN)N(CCCN)CCCCN. The van der Waals surface area contributed by atoms with Crippen molar-refractivity contribution in [1.82, 2.24) is 4.90 Å². The molecule has 0 saturated carbocycles. The van der Waals surface area contributed by atoms with Crippen molar-refractivity contribution >= 4 is 0 Å². The summed E-state index contributed by atoms with van der Waals surface area (Å²) in [6.45, 7) is 6.89. The highest BCUT2D eigenvalue weighted by Gasteiger charge is 2.16. The third-order valence-electron chi connectivity index (χ3n) is 4.21. The second kappa shape index (κ2) is 16.2. The number of nitrogens with zero attached hydrogens (tertiary/aromatic N) is 1. The van der Waals surface area contributed by atoms with Crippen LogP contribution in [0.25, 0.3) is 0 Å². The van der Waals surface area contributed by atoms with Crippen molar-refractivity contribution in [3.63, 3.8) is 0 Å². The van der Waals surface area contributed by atoms with Gasteiger partial charge in [-0.3, -0.25) is 0 Å². The standard InChI is InChI=1S/C17H40N4/c1-2-3-4-5-6-10-17(11-14-20)21(16-9-13-19)15-8-7-12-18/h17H,2-16,18-20H2,1H3. The first-order chi connectivity index (χ1) is 10.3. The minimum absolute atomic E-state index is 0.640. The lowest BCUT2D eigenvalue weighted by atomic mass is 10.0. The van der Waals surface area contributed by atoms with E-state index in [9.17, 15) is 0 Å². The average molecular weight is 301 g/mol. The fourth-order valence-corrected chi connectivity index (χ4v) is 2.92. The minimum atomic E-state index is 0.640. The number of nitrogens with two attached hydrogens (primary N) is 3. The summed E-state index contributed by atoms with van der Waals surface area (Å²) in [5.74, 6) is 0. The van der Waals surface area contributed by atoms with Crippen molar-refractivity contribution in [2.45, 2.75) is 77.2 Å². The fourth-order valence-electron chi connectivity index (χ4n) is 2.92. The van der Waals surface area contributed by atoms with Crippen LogP contribution in [0.15, 0.2) is 0 Å². The molecule has 0 aliphatic rings. The second-order valence-electron chi connectivity index (χ2n) is 6.11. The Labute approximate surface area is 132 Å². The molecule has 0 bridgehead atoms. The van der Waals surface area contributed by atoms with Gasteiger partial charge >= 0.3 is 0 Å². The van der Waals surface area contributed by atoms with Crippen molar-refractivity contribution in [1.29, 1.82) is 0 Å². The Morgan fingerprint density at radius 3 is 1.95 bits per heavy atom. The lowest BCUT2D eigenvalue weighted by Gasteiger charge is -2.32. The minimum Gasteiger partial charge on any atom is -0.330 e. The maximum absolute atomic E-state index is 5.83. The lowest BCUT2D eigenvalue weighted by molar-refractivity contribution is 0.171. The predicted octanol–water partition coefficient (Wildman–Crippen LogP) is 2.45. The van der Waals surface area contributed by atoms with Gasteiger partial charge in [0.25, 0.3) is 0 Å². The van der Waals surface area contributed by atoms with Crippen molar-refractivity contribution in [2.75, 3.05) is 32.7 Å². The predicted molar refractivity (Wildman–Crippen MR) is 94.4 cm³/mol. The Morgan fingerprint density at radius 2 is 1.33 bits per heavy atom. The molecule has 0 aromatic carbocycles. The molecular weight excluding hydrogens is 260 g/mol. The van der Waals surface area contributed by atoms with Gasteiger partial charge in [-0.2, -0.15) is 0 Å². The van der Waals surface area contributed by atoms with E-state index in [1.807, 2.05) is 0 Å². The Balaban J connectivity index is 4.19. The summed E-state index contributed by atoms with van der Waals surface area (Å²) in [5.41, 5.74) is 17.1. The molecule has 128 valence electrons. The van der Waals surface area contributed by atoms with Gasteiger partial charge in [0, 0.05) is 6.04 Å². The molecule has 4 nitrogen and oxygen atoms in total. The Hall–Kier alpha value is -0.160. The van der Waals surface area contributed by atoms with Gasteiger partial charge in [-0.15, -0.1) is 0 Å². The maximum Gasteiger partial charge on any atom is 0.0107 e. The number of hydrogen-bond acceptors (Lipinski definition) is 4. The van der Waals surface area contributed by atoms with Crippen molar-refractivity contribution in [3.8, 4) is 0 Å². The van der Waals surface area contributed by atoms with Crippen LogP contribution < -0.4 is 17.2 Å². The van der Waals surface area contributed by atoms with E-state index in [4.69, 9.17) is 17.2 Å². The highest BCUT2D eigenvalue weighted by Crippen LogP contribution is 2.15. The molecule has 4 heteroatoms. The summed E-state index contributed by atoms with van der Waals surface area (Å²) < 4.78 is 0. The van der Waals surface area contributed by atoms with Crippen LogP contribution in [-0.2, 0) is 0 Å². The van der Waals surface area contributed by atoms with Crippen LogP contribution >= 0.6 is 0 Å². The van der Waals surface area contributed by atoms with E-state index >= 15 is 0 Å². The molecule has 0 radical (unpaired) electrons. The molecule has 0 aromatic heterocycles. The first-order valence-electron chi connectivity index (χ1n) is 9.14. The van der Waals surface area contributed by atoms with Gasteiger partial charge < -0.3 is 22.1 Å². The van der Waals surface area contributed by atoms with E-state index in [1.54, 1.807) is 0 Å². The lowest BCUT2D eigenvalue weighted by Crippen LogP contribution is -2.39. The van der Waals surface area contributed by atoms with Gasteiger partial charge in [0.1, 0.15) is 0 Å². The third kappa shape index (κ3) is 12.1. The molecule has 21 heavy (non-hydrogen) atoms. The monoisotopic (exact) mass is 300 g/mol. The van der Waals surface area contributed by atoms with Gasteiger partial charge in [-0.05, 0) is 64.8 Å². The summed E-state index contributed by atoms with van der Waals surface area (Å²) in [6.07, 6.45) is 12.5. The molecule has 0 saturated heterocycles. The number of unbranched alkanes of at least 4 members (excludes halogenated alkanes) is 5. The van der Waals surface area contributed by atoms with Gasteiger partial charge in [-0.25, -0.2) is 0 Å². The maximum atomic E-state index is 5.83. The van der Waals surface area contributed by atoms with Crippen LogP contribution in [0.2, 0.25) is 0 Å². The zero-order chi connectivity index (χ0) is 15.8. The normalized spacial score (nSPS) is 13.0. The second-order valence-corrected chi connectivity index (χ2v) is 6.11. The molecule has 1 atom stereocenters. The Kier molecular flexibility index (Phi) is 16.1. The summed E-state index contributed by atoms with van der Waals surface area (Å²) in [4.78, 5) is 2.62. The molecule has 0 amide bonds. The molecule has 0 fully saturated rings. The molecule has 0 aromatic rings. The highest BCUT2D eigenvalue weighted by atomic mass is 15.1. The molecule has 0 aliphatic carbocycles. The van der Waals surface area contributed by atoms with Gasteiger partial charge in [0.2, 0.25) is 0 Å². The number of hydrogen-bond donors (Lipinski definition) is 3. The van der Waals surface area contributed by atoms with Crippen LogP contribution in [0.4, 0.5) is 0 Å². The first kappa shape index (κ1) is 20.8. The quantitative estimate of drug-likeness (QED) is 0.382. The Bertz CT molecular complexity index is 199.